The van der Waals surface area contributed by atoms with Gasteiger partial charge in [-0.2, -0.15) is 0 Å². The van der Waals surface area contributed by atoms with Crippen LogP contribution in [0.1, 0.15) is 6.42 Å². The van der Waals surface area contributed by atoms with Gasteiger partial charge in [-0.3, -0.25) is 4.79 Å². The molecule has 110 valence electrons. The maximum absolute atomic E-state index is 11.4. The first-order valence-corrected chi connectivity index (χ1v) is 8.39. The van der Waals surface area contributed by atoms with E-state index < -0.39 is 27.6 Å². The third-order valence-corrected chi connectivity index (χ3v) is 5.51. The van der Waals surface area contributed by atoms with E-state index in [4.69, 9.17) is 16.3 Å². The molecule has 1 N–H and O–H groups in total. The lowest BCUT2D eigenvalue weighted by Crippen LogP contribution is -2.30. The van der Waals surface area contributed by atoms with E-state index in [0.717, 1.165) is 0 Å². The molecule has 0 aliphatic carbocycles. The second-order valence-corrected chi connectivity index (χ2v) is 7.49. The summed E-state index contributed by atoms with van der Waals surface area (Å²) in [7, 11) is -3.11. The van der Waals surface area contributed by atoms with Gasteiger partial charge in [-0.15, -0.1) is 0 Å². The molecule has 2 atom stereocenters. The quantitative estimate of drug-likeness (QED) is 0.896. The van der Waals surface area contributed by atoms with Gasteiger partial charge in [0, 0.05) is 0 Å². The lowest BCUT2D eigenvalue weighted by atomic mass is 9.93. The van der Waals surface area contributed by atoms with E-state index >= 15 is 0 Å². The number of rotatable bonds is 5. The van der Waals surface area contributed by atoms with E-state index in [2.05, 4.69) is 0 Å². The third-order valence-electron chi connectivity index (χ3n) is 3.41. The standard InChI is InChI=1S/C13H15ClO5S/c14-11-3-1-2-4-12(11)19-7-10(13(15)16)9-5-6-20(17,18)8-9/h1-4,9-10H,5-8H2,(H,15,16). The number of para-hydroxylation sites is 1. The molecule has 2 rings (SSSR count). The summed E-state index contributed by atoms with van der Waals surface area (Å²) in [6.07, 6.45) is 0.366. The van der Waals surface area contributed by atoms with Gasteiger partial charge in [0.05, 0.1) is 22.4 Å². The summed E-state index contributed by atoms with van der Waals surface area (Å²) in [6, 6.07) is 6.77. The van der Waals surface area contributed by atoms with Crippen molar-refractivity contribution in [2.45, 2.75) is 6.42 Å². The summed E-state index contributed by atoms with van der Waals surface area (Å²) in [6.45, 7) is -0.0841. The Bertz CT molecular complexity index is 599. The molecular formula is C13H15ClO5S. The molecule has 1 saturated heterocycles. The van der Waals surface area contributed by atoms with Gasteiger partial charge in [-0.25, -0.2) is 8.42 Å². The second kappa shape index (κ2) is 6.01. The Hall–Kier alpha value is -1.27. The number of hydrogen-bond acceptors (Lipinski definition) is 4. The summed E-state index contributed by atoms with van der Waals surface area (Å²) in [5.41, 5.74) is 0. The normalized spacial score (nSPS) is 22.4. The fourth-order valence-corrected chi connectivity index (χ4v) is 4.36. The van der Waals surface area contributed by atoms with Crippen LogP contribution in [0.5, 0.6) is 5.75 Å². The van der Waals surface area contributed by atoms with E-state index in [1.165, 1.54) is 0 Å². The molecule has 7 heteroatoms. The molecule has 1 aliphatic heterocycles. The van der Waals surface area contributed by atoms with Gasteiger partial charge in [-0.1, -0.05) is 23.7 Å². The Labute approximate surface area is 122 Å². The van der Waals surface area contributed by atoms with Crippen LogP contribution in [0.3, 0.4) is 0 Å². The van der Waals surface area contributed by atoms with Crippen molar-refractivity contribution in [3.05, 3.63) is 29.3 Å². The zero-order valence-corrected chi connectivity index (χ0v) is 12.2. The Kier molecular flexibility index (Phi) is 4.55. The van der Waals surface area contributed by atoms with Crippen molar-refractivity contribution >= 4 is 27.4 Å². The van der Waals surface area contributed by atoms with Crippen molar-refractivity contribution in [3.8, 4) is 5.75 Å². The molecule has 20 heavy (non-hydrogen) atoms. The monoisotopic (exact) mass is 318 g/mol. The smallest absolute Gasteiger partial charge is 0.310 e. The maximum Gasteiger partial charge on any atom is 0.310 e. The summed E-state index contributed by atoms with van der Waals surface area (Å²) in [4.78, 5) is 11.3. The zero-order chi connectivity index (χ0) is 14.8. The molecule has 1 fully saturated rings. The number of carboxylic acid groups (broad SMARTS) is 1. The van der Waals surface area contributed by atoms with Crippen LogP contribution < -0.4 is 4.74 Å². The van der Waals surface area contributed by atoms with Gasteiger partial charge in [0.2, 0.25) is 0 Å². The number of aliphatic carboxylic acids is 1. The molecule has 2 unspecified atom stereocenters. The highest BCUT2D eigenvalue weighted by atomic mass is 35.5. The second-order valence-electron chi connectivity index (χ2n) is 4.85. The molecular weight excluding hydrogens is 304 g/mol. The van der Waals surface area contributed by atoms with Crippen molar-refractivity contribution in [1.82, 2.24) is 0 Å². The minimum absolute atomic E-state index is 0.0491. The van der Waals surface area contributed by atoms with Crippen molar-refractivity contribution in [3.63, 3.8) is 0 Å². The molecule has 0 radical (unpaired) electrons. The number of benzene rings is 1. The third kappa shape index (κ3) is 3.64. The van der Waals surface area contributed by atoms with Crippen LogP contribution >= 0.6 is 11.6 Å². The highest BCUT2D eigenvalue weighted by Crippen LogP contribution is 2.29. The van der Waals surface area contributed by atoms with Gasteiger partial charge in [-0.05, 0) is 24.5 Å². The Morgan fingerprint density at radius 1 is 1.45 bits per heavy atom. The number of carboxylic acids is 1. The molecule has 0 spiro atoms. The molecule has 0 aromatic heterocycles. The minimum Gasteiger partial charge on any atom is -0.491 e. The molecule has 1 aromatic rings. The van der Waals surface area contributed by atoms with Gasteiger partial charge in [0.25, 0.3) is 0 Å². The number of hydrogen-bond donors (Lipinski definition) is 1. The van der Waals surface area contributed by atoms with E-state index in [-0.39, 0.29) is 18.1 Å². The van der Waals surface area contributed by atoms with Crippen LogP contribution in [0.4, 0.5) is 0 Å². The summed E-state index contributed by atoms with van der Waals surface area (Å²) in [5, 5.41) is 9.64. The van der Waals surface area contributed by atoms with E-state index in [9.17, 15) is 18.3 Å². The Morgan fingerprint density at radius 2 is 2.15 bits per heavy atom. The molecule has 0 amide bonds. The predicted molar refractivity (Wildman–Crippen MR) is 74.8 cm³/mol. The van der Waals surface area contributed by atoms with Gasteiger partial charge < -0.3 is 9.84 Å². The van der Waals surface area contributed by atoms with Crippen molar-refractivity contribution < 1.29 is 23.1 Å². The molecule has 1 aliphatic rings. The van der Waals surface area contributed by atoms with Crippen molar-refractivity contribution in [2.24, 2.45) is 11.8 Å². The van der Waals surface area contributed by atoms with Crippen molar-refractivity contribution in [1.29, 1.82) is 0 Å². The Balaban J connectivity index is 2.04. The minimum atomic E-state index is -3.11. The van der Waals surface area contributed by atoms with Crippen LogP contribution in [-0.2, 0) is 14.6 Å². The van der Waals surface area contributed by atoms with Gasteiger partial charge in [0.15, 0.2) is 9.84 Å². The molecule has 1 aromatic carbocycles. The fraction of sp³-hybridized carbons (Fsp3) is 0.462. The van der Waals surface area contributed by atoms with E-state index in [0.29, 0.717) is 17.2 Å². The summed E-state index contributed by atoms with van der Waals surface area (Å²) >= 11 is 5.92. The molecule has 1 heterocycles. The topological polar surface area (TPSA) is 80.7 Å². The summed E-state index contributed by atoms with van der Waals surface area (Å²) < 4.78 is 28.3. The number of ether oxygens (including phenoxy) is 1. The highest BCUT2D eigenvalue weighted by Gasteiger charge is 2.37. The summed E-state index contributed by atoms with van der Waals surface area (Å²) in [5.74, 6) is -1.92. The van der Waals surface area contributed by atoms with E-state index in [1.807, 2.05) is 0 Å². The average molecular weight is 319 g/mol. The largest absolute Gasteiger partial charge is 0.491 e. The predicted octanol–water partition coefficient (Wildman–Crippen LogP) is 1.85. The first kappa shape index (κ1) is 15.1. The number of halogens is 1. The lowest BCUT2D eigenvalue weighted by Gasteiger charge is -2.19. The first-order chi connectivity index (χ1) is 9.39. The van der Waals surface area contributed by atoms with Crippen LogP contribution in [0.15, 0.2) is 24.3 Å². The van der Waals surface area contributed by atoms with E-state index in [1.54, 1.807) is 24.3 Å². The molecule has 0 saturated carbocycles. The average Bonchev–Trinajstić information content (AvgIpc) is 2.71. The number of carbonyl (C=O) groups is 1. The van der Waals surface area contributed by atoms with Gasteiger partial charge in [0.1, 0.15) is 12.4 Å². The fourth-order valence-electron chi connectivity index (χ4n) is 2.29. The SMILES string of the molecule is O=C(O)C(COc1ccccc1Cl)C1CCS(=O)(=O)C1. The van der Waals surface area contributed by atoms with Crippen LogP contribution in [0.25, 0.3) is 0 Å². The van der Waals surface area contributed by atoms with Crippen LogP contribution in [0, 0.1) is 11.8 Å². The highest BCUT2D eigenvalue weighted by molar-refractivity contribution is 7.91. The first-order valence-electron chi connectivity index (χ1n) is 6.19. The van der Waals surface area contributed by atoms with Gasteiger partial charge >= 0.3 is 5.97 Å². The van der Waals surface area contributed by atoms with Crippen LogP contribution in [0.2, 0.25) is 5.02 Å². The molecule has 0 bridgehead atoms. The number of sulfone groups is 1. The zero-order valence-electron chi connectivity index (χ0n) is 10.7. The Morgan fingerprint density at radius 3 is 2.70 bits per heavy atom. The maximum atomic E-state index is 11.4. The molecule has 5 nitrogen and oxygen atoms in total. The lowest BCUT2D eigenvalue weighted by molar-refractivity contribution is -0.144. The van der Waals surface area contributed by atoms with Crippen molar-refractivity contribution in [2.75, 3.05) is 18.1 Å². The van der Waals surface area contributed by atoms with Crippen LogP contribution in [-0.4, -0.2) is 37.6 Å².